The van der Waals surface area contributed by atoms with Gasteiger partial charge in [-0.3, -0.25) is 4.79 Å². The molecule has 7 nitrogen and oxygen atoms in total. The van der Waals surface area contributed by atoms with Crippen LogP contribution in [0.3, 0.4) is 0 Å². The van der Waals surface area contributed by atoms with Crippen molar-refractivity contribution in [2.75, 3.05) is 31.8 Å². The summed E-state index contributed by atoms with van der Waals surface area (Å²) in [5, 5.41) is 14.8. The molecule has 1 aliphatic rings. The Labute approximate surface area is 123 Å². The summed E-state index contributed by atoms with van der Waals surface area (Å²) in [5.41, 5.74) is 4.43. The molecule has 0 saturated carbocycles. The van der Waals surface area contributed by atoms with Gasteiger partial charge in [-0.25, -0.2) is 4.79 Å². The Morgan fingerprint density at radius 1 is 1.45 bits per heavy atom. The molecule has 1 rings (SSSR count). The number of primary amides is 1. The van der Waals surface area contributed by atoms with Crippen molar-refractivity contribution < 1.29 is 19.4 Å². The third-order valence-electron chi connectivity index (χ3n) is 3.38. The molecule has 20 heavy (non-hydrogen) atoms. The Balaban J connectivity index is 2.64. The van der Waals surface area contributed by atoms with Gasteiger partial charge >= 0.3 is 6.03 Å². The third kappa shape index (κ3) is 5.18. The number of amides is 3. The minimum atomic E-state index is -0.726. The number of carbonyl (C=O) groups excluding carboxylic acids is 2. The van der Waals surface area contributed by atoms with Crippen LogP contribution in [-0.2, 0) is 9.53 Å². The lowest BCUT2D eigenvalue weighted by molar-refractivity contribution is -0.127. The molecule has 0 spiro atoms. The lowest BCUT2D eigenvalue weighted by Gasteiger charge is -2.37. The number of aliphatic hydroxyl groups is 1. The van der Waals surface area contributed by atoms with Crippen LogP contribution in [0.2, 0.25) is 0 Å². The Hall–Kier alpha value is -0.990. The van der Waals surface area contributed by atoms with E-state index in [0.29, 0.717) is 32.5 Å². The van der Waals surface area contributed by atoms with E-state index < -0.39 is 17.6 Å². The molecule has 1 saturated heterocycles. The highest BCUT2D eigenvalue weighted by Crippen LogP contribution is 2.20. The molecule has 0 aromatic heterocycles. The van der Waals surface area contributed by atoms with Crippen molar-refractivity contribution in [3.05, 3.63) is 0 Å². The van der Waals surface area contributed by atoms with Crippen LogP contribution < -0.4 is 16.4 Å². The molecule has 3 amide bonds. The Morgan fingerprint density at radius 3 is 2.60 bits per heavy atom. The molecule has 0 radical (unpaired) electrons. The van der Waals surface area contributed by atoms with Gasteiger partial charge in [0, 0.05) is 13.2 Å². The van der Waals surface area contributed by atoms with Crippen LogP contribution in [0.5, 0.6) is 0 Å². The molecule has 1 fully saturated rings. The second kappa shape index (κ2) is 8.33. The predicted molar refractivity (Wildman–Crippen MR) is 77.5 cm³/mol. The molecule has 0 aliphatic carbocycles. The van der Waals surface area contributed by atoms with Crippen LogP contribution in [-0.4, -0.2) is 60.5 Å². The molecule has 0 aromatic rings. The third-order valence-corrected chi connectivity index (χ3v) is 4.03. The molecular weight excluding hydrogens is 282 g/mol. The monoisotopic (exact) mass is 305 g/mol. The highest BCUT2D eigenvalue weighted by atomic mass is 32.2. The first-order chi connectivity index (χ1) is 9.53. The summed E-state index contributed by atoms with van der Waals surface area (Å²) in [6.07, 6.45) is 3.53. The molecule has 1 unspecified atom stereocenters. The van der Waals surface area contributed by atoms with Gasteiger partial charge in [0.2, 0.25) is 5.91 Å². The van der Waals surface area contributed by atoms with Gasteiger partial charge in [-0.2, -0.15) is 11.8 Å². The number of nitrogens with one attached hydrogen (secondary N) is 2. The molecule has 0 bridgehead atoms. The first kappa shape index (κ1) is 17.1. The first-order valence-electron chi connectivity index (χ1n) is 6.58. The number of thioether (sulfide) groups is 1. The Bertz CT molecular complexity index is 335. The number of ether oxygens (including phenoxy) is 1. The number of hydrogen-bond acceptors (Lipinski definition) is 5. The fourth-order valence-corrected chi connectivity index (χ4v) is 2.58. The zero-order valence-electron chi connectivity index (χ0n) is 11.7. The van der Waals surface area contributed by atoms with Gasteiger partial charge in [-0.05, 0) is 31.3 Å². The van der Waals surface area contributed by atoms with Crippen LogP contribution in [0.25, 0.3) is 0 Å². The average molecular weight is 305 g/mol. The van der Waals surface area contributed by atoms with Crippen molar-refractivity contribution in [1.29, 1.82) is 0 Å². The summed E-state index contributed by atoms with van der Waals surface area (Å²) < 4.78 is 5.24. The van der Waals surface area contributed by atoms with Crippen LogP contribution in [0, 0.1) is 0 Å². The van der Waals surface area contributed by atoms with Gasteiger partial charge in [0.05, 0.1) is 12.1 Å². The van der Waals surface area contributed by atoms with Gasteiger partial charge in [-0.1, -0.05) is 0 Å². The van der Waals surface area contributed by atoms with E-state index in [1.807, 2.05) is 6.26 Å². The van der Waals surface area contributed by atoms with Gasteiger partial charge in [0.15, 0.2) is 0 Å². The lowest BCUT2D eigenvalue weighted by atomic mass is 9.90. The lowest BCUT2D eigenvalue weighted by Crippen LogP contribution is -2.59. The molecule has 1 aliphatic heterocycles. The molecule has 0 aromatic carbocycles. The second-order valence-corrected chi connectivity index (χ2v) is 5.87. The van der Waals surface area contributed by atoms with Gasteiger partial charge in [0.1, 0.15) is 6.04 Å². The van der Waals surface area contributed by atoms with E-state index in [9.17, 15) is 14.7 Å². The smallest absolute Gasteiger partial charge is 0.312 e. The highest BCUT2D eigenvalue weighted by molar-refractivity contribution is 7.98. The summed E-state index contributed by atoms with van der Waals surface area (Å²) in [5.74, 6) is 0.418. The Kier molecular flexibility index (Phi) is 7.11. The summed E-state index contributed by atoms with van der Waals surface area (Å²) in [4.78, 5) is 23.2. The van der Waals surface area contributed by atoms with E-state index in [2.05, 4.69) is 10.6 Å². The zero-order valence-corrected chi connectivity index (χ0v) is 12.5. The number of aliphatic hydroxyl groups excluding tert-OH is 1. The average Bonchev–Trinajstić information content (AvgIpc) is 2.44. The maximum Gasteiger partial charge on any atom is 0.312 e. The number of nitrogens with two attached hydrogens (primary N) is 1. The zero-order chi connectivity index (χ0) is 15.0. The Morgan fingerprint density at radius 2 is 2.10 bits per heavy atom. The van der Waals surface area contributed by atoms with Crippen LogP contribution in [0.1, 0.15) is 19.3 Å². The molecule has 1 heterocycles. The van der Waals surface area contributed by atoms with E-state index >= 15 is 0 Å². The van der Waals surface area contributed by atoms with Gasteiger partial charge < -0.3 is 26.2 Å². The quantitative estimate of drug-likeness (QED) is 0.503. The van der Waals surface area contributed by atoms with Crippen LogP contribution >= 0.6 is 11.8 Å². The number of rotatable bonds is 7. The van der Waals surface area contributed by atoms with Crippen molar-refractivity contribution in [2.45, 2.75) is 30.8 Å². The van der Waals surface area contributed by atoms with E-state index in [-0.39, 0.29) is 12.5 Å². The summed E-state index contributed by atoms with van der Waals surface area (Å²) in [6.45, 7) is 0.854. The fourth-order valence-electron chi connectivity index (χ4n) is 2.11. The largest absolute Gasteiger partial charge is 0.394 e. The molecule has 5 N–H and O–H groups in total. The molecule has 8 heteroatoms. The minimum Gasteiger partial charge on any atom is -0.394 e. The molecular formula is C12H23N3O4S. The van der Waals surface area contributed by atoms with Crippen molar-refractivity contribution >= 4 is 23.7 Å². The van der Waals surface area contributed by atoms with E-state index in [0.717, 1.165) is 5.75 Å². The number of hydrogen-bond donors (Lipinski definition) is 4. The minimum absolute atomic E-state index is 0.145. The van der Waals surface area contributed by atoms with Crippen LogP contribution in [0.4, 0.5) is 4.79 Å². The van der Waals surface area contributed by atoms with Crippen molar-refractivity contribution in [2.24, 2.45) is 5.73 Å². The summed E-state index contributed by atoms with van der Waals surface area (Å²) >= 11 is 1.58. The van der Waals surface area contributed by atoms with Crippen LogP contribution in [0.15, 0.2) is 0 Å². The predicted octanol–water partition coefficient (Wildman–Crippen LogP) is -0.566. The first-order valence-corrected chi connectivity index (χ1v) is 7.98. The second-order valence-electron chi connectivity index (χ2n) is 4.88. The van der Waals surface area contributed by atoms with E-state index in [1.54, 1.807) is 11.8 Å². The van der Waals surface area contributed by atoms with Crippen molar-refractivity contribution in [3.63, 3.8) is 0 Å². The van der Waals surface area contributed by atoms with E-state index in [4.69, 9.17) is 10.5 Å². The highest BCUT2D eigenvalue weighted by Gasteiger charge is 2.35. The van der Waals surface area contributed by atoms with Gasteiger partial charge in [0.25, 0.3) is 0 Å². The number of carbonyl (C=O) groups is 2. The van der Waals surface area contributed by atoms with Crippen molar-refractivity contribution in [1.82, 2.24) is 10.6 Å². The normalized spacial score (nSPS) is 19.1. The summed E-state index contributed by atoms with van der Waals surface area (Å²) in [6, 6.07) is -1.40. The van der Waals surface area contributed by atoms with Gasteiger partial charge in [-0.15, -0.1) is 0 Å². The topological polar surface area (TPSA) is 114 Å². The summed E-state index contributed by atoms with van der Waals surface area (Å²) in [7, 11) is 0. The van der Waals surface area contributed by atoms with Crippen molar-refractivity contribution in [3.8, 4) is 0 Å². The fraction of sp³-hybridized carbons (Fsp3) is 0.833. The van der Waals surface area contributed by atoms with E-state index in [1.165, 1.54) is 0 Å². The molecule has 1 atom stereocenters. The SMILES string of the molecule is CSCCC(NC(N)=O)C(=O)NC1(CO)CCOCC1. The maximum atomic E-state index is 12.3. The molecule has 116 valence electrons. The standard InChI is InChI=1S/C12H23N3O4S/c1-20-7-2-9(14-11(13)18)10(17)15-12(8-16)3-5-19-6-4-12/h9,16H,2-8H2,1H3,(H,15,17)(H3,13,14,18). The maximum absolute atomic E-state index is 12.3. The number of urea groups is 1.